The number of rotatable bonds is 5. The number of benzene rings is 2. The predicted molar refractivity (Wildman–Crippen MR) is 77.6 cm³/mol. The van der Waals surface area contributed by atoms with Gasteiger partial charge in [-0.3, -0.25) is 4.79 Å². The third kappa shape index (κ3) is 2.50. The molecule has 0 saturated heterocycles. The fraction of sp³-hybridized carbons (Fsp3) is 0.235. The van der Waals surface area contributed by atoms with Crippen LogP contribution in [-0.2, 0) is 15.3 Å². The third-order valence-electron chi connectivity index (χ3n) is 3.34. The Bertz CT molecular complexity index is 569. The van der Waals surface area contributed by atoms with Gasteiger partial charge in [-0.25, -0.2) is 0 Å². The minimum Gasteiger partial charge on any atom is -0.343 e. The van der Waals surface area contributed by atoms with Gasteiger partial charge < -0.3 is 9.47 Å². The maximum atomic E-state index is 12.8. The lowest BCUT2D eigenvalue weighted by Crippen LogP contribution is -2.39. The fourth-order valence-corrected chi connectivity index (χ4v) is 2.19. The molecule has 0 bridgehead atoms. The number of Topliss-reactive ketones (excluding diaryl/α,β-unsaturated/α-hetero) is 1. The normalized spacial score (nSPS) is 11.3. The van der Waals surface area contributed by atoms with Crippen LogP contribution in [0.4, 0.5) is 0 Å². The maximum Gasteiger partial charge on any atom is 0.260 e. The van der Waals surface area contributed by atoms with E-state index < -0.39 is 5.79 Å². The monoisotopic (exact) mass is 270 g/mol. The topological polar surface area (TPSA) is 35.5 Å². The summed E-state index contributed by atoms with van der Waals surface area (Å²) in [5, 5.41) is 0. The van der Waals surface area contributed by atoms with E-state index in [-0.39, 0.29) is 5.78 Å². The molecule has 0 heterocycles. The van der Waals surface area contributed by atoms with Crippen molar-refractivity contribution in [3.8, 4) is 0 Å². The minimum absolute atomic E-state index is 0.214. The summed E-state index contributed by atoms with van der Waals surface area (Å²) in [5.41, 5.74) is 2.33. The van der Waals surface area contributed by atoms with E-state index in [4.69, 9.17) is 9.47 Å². The van der Waals surface area contributed by atoms with Crippen molar-refractivity contribution in [2.45, 2.75) is 12.7 Å². The lowest BCUT2D eigenvalue weighted by molar-refractivity contribution is -0.176. The standard InChI is InChI=1S/C17H18O3/c1-13-9-11-14(12-10-13)16(18)17(19-2,20-3)15-7-5-4-6-8-15/h4-12H,1-3H3. The van der Waals surface area contributed by atoms with E-state index in [0.29, 0.717) is 11.1 Å². The van der Waals surface area contributed by atoms with Gasteiger partial charge in [0.2, 0.25) is 5.78 Å². The van der Waals surface area contributed by atoms with Gasteiger partial charge in [0.25, 0.3) is 5.79 Å². The second kappa shape index (κ2) is 5.99. The average molecular weight is 270 g/mol. The molecule has 0 spiro atoms. The van der Waals surface area contributed by atoms with Gasteiger partial charge in [-0.15, -0.1) is 0 Å². The molecule has 0 unspecified atom stereocenters. The van der Waals surface area contributed by atoms with Gasteiger partial charge in [0.1, 0.15) is 0 Å². The van der Waals surface area contributed by atoms with Crippen molar-refractivity contribution in [1.29, 1.82) is 0 Å². The van der Waals surface area contributed by atoms with Gasteiger partial charge in [0, 0.05) is 25.3 Å². The van der Waals surface area contributed by atoms with Crippen LogP contribution in [0, 0.1) is 6.92 Å². The van der Waals surface area contributed by atoms with Gasteiger partial charge >= 0.3 is 0 Å². The molecule has 0 atom stereocenters. The van der Waals surface area contributed by atoms with Gasteiger partial charge in [-0.05, 0) is 6.92 Å². The molecule has 0 aliphatic carbocycles. The summed E-state index contributed by atoms with van der Waals surface area (Å²) < 4.78 is 10.9. The number of hydrogen-bond acceptors (Lipinski definition) is 3. The highest BCUT2D eigenvalue weighted by Crippen LogP contribution is 2.30. The lowest BCUT2D eigenvalue weighted by atomic mass is 9.95. The molecule has 2 aromatic rings. The smallest absolute Gasteiger partial charge is 0.260 e. The second-order valence-corrected chi connectivity index (χ2v) is 4.59. The number of ether oxygens (including phenoxy) is 2. The summed E-state index contributed by atoms with van der Waals surface area (Å²) in [6.07, 6.45) is 0. The van der Waals surface area contributed by atoms with Crippen molar-refractivity contribution in [3.05, 3.63) is 71.3 Å². The van der Waals surface area contributed by atoms with E-state index in [1.807, 2.05) is 49.4 Å². The zero-order valence-corrected chi connectivity index (χ0v) is 11.9. The van der Waals surface area contributed by atoms with E-state index in [9.17, 15) is 4.79 Å². The van der Waals surface area contributed by atoms with E-state index in [2.05, 4.69) is 0 Å². The zero-order chi connectivity index (χ0) is 14.6. The van der Waals surface area contributed by atoms with E-state index in [1.165, 1.54) is 14.2 Å². The number of methoxy groups -OCH3 is 2. The number of aryl methyl sites for hydroxylation is 1. The summed E-state index contributed by atoms with van der Waals surface area (Å²) in [6.45, 7) is 1.98. The van der Waals surface area contributed by atoms with Crippen LogP contribution in [0.25, 0.3) is 0 Å². The summed E-state index contributed by atoms with van der Waals surface area (Å²) in [5.74, 6) is -1.62. The van der Waals surface area contributed by atoms with Crippen molar-refractivity contribution >= 4 is 5.78 Å². The van der Waals surface area contributed by atoms with Crippen LogP contribution in [0.1, 0.15) is 21.5 Å². The van der Waals surface area contributed by atoms with Crippen LogP contribution in [0.3, 0.4) is 0 Å². The molecule has 0 N–H and O–H groups in total. The van der Waals surface area contributed by atoms with Crippen LogP contribution >= 0.6 is 0 Å². The van der Waals surface area contributed by atoms with E-state index in [0.717, 1.165) is 5.56 Å². The molecular weight excluding hydrogens is 252 g/mol. The molecule has 3 heteroatoms. The average Bonchev–Trinajstić information content (AvgIpc) is 2.51. The number of carbonyl (C=O) groups excluding carboxylic acids is 1. The summed E-state index contributed by atoms with van der Waals surface area (Å²) in [6, 6.07) is 16.6. The van der Waals surface area contributed by atoms with Crippen molar-refractivity contribution in [3.63, 3.8) is 0 Å². The Morgan fingerprint density at radius 3 is 1.95 bits per heavy atom. The van der Waals surface area contributed by atoms with E-state index in [1.54, 1.807) is 12.1 Å². The molecule has 0 aliphatic heterocycles. The first-order chi connectivity index (χ1) is 9.64. The first-order valence-corrected chi connectivity index (χ1v) is 6.41. The molecule has 2 aromatic carbocycles. The van der Waals surface area contributed by atoms with E-state index >= 15 is 0 Å². The maximum absolute atomic E-state index is 12.8. The van der Waals surface area contributed by atoms with Crippen molar-refractivity contribution in [1.82, 2.24) is 0 Å². The SMILES string of the molecule is COC(OC)(C(=O)c1ccc(C)cc1)c1ccccc1. The first kappa shape index (κ1) is 14.4. The Morgan fingerprint density at radius 2 is 1.45 bits per heavy atom. The largest absolute Gasteiger partial charge is 0.343 e. The number of carbonyl (C=O) groups is 1. The Hall–Kier alpha value is -1.97. The van der Waals surface area contributed by atoms with Crippen molar-refractivity contribution in [2.24, 2.45) is 0 Å². The first-order valence-electron chi connectivity index (χ1n) is 6.41. The lowest BCUT2D eigenvalue weighted by Gasteiger charge is -2.29. The molecular formula is C17H18O3. The highest BCUT2D eigenvalue weighted by molar-refractivity contribution is 6.02. The Morgan fingerprint density at radius 1 is 0.900 bits per heavy atom. The van der Waals surface area contributed by atoms with Gasteiger partial charge in [-0.2, -0.15) is 0 Å². The fourth-order valence-electron chi connectivity index (χ4n) is 2.19. The minimum atomic E-state index is -1.41. The molecule has 0 saturated carbocycles. The van der Waals surface area contributed by atoms with Gasteiger partial charge in [0.05, 0.1) is 0 Å². The zero-order valence-electron chi connectivity index (χ0n) is 11.9. The number of ketones is 1. The summed E-state index contributed by atoms with van der Waals surface area (Å²) in [7, 11) is 2.95. The van der Waals surface area contributed by atoms with Crippen molar-refractivity contribution in [2.75, 3.05) is 14.2 Å². The van der Waals surface area contributed by atoms with Gasteiger partial charge in [0.15, 0.2) is 0 Å². The van der Waals surface area contributed by atoms with Crippen LogP contribution in [0.15, 0.2) is 54.6 Å². The molecule has 3 nitrogen and oxygen atoms in total. The molecule has 0 amide bonds. The van der Waals surface area contributed by atoms with Crippen molar-refractivity contribution < 1.29 is 14.3 Å². The molecule has 0 aliphatic rings. The molecule has 2 rings (SSSR count). The Labute approximate surface area is 119 Å². The number of hydrogen-bond donors (Lipinski definition) is 0. The second-order valence-electron chi connectivity index (χ2n) is 4.59. The highest BCUT2D eigenvalue weighted by atomic mass is 16.7. The molecule has 0 aromatic heterocycles. The predicted octanol–water partition coefficient (Wildman–Crippen LogP) is 3.32. The molecule has 0 fully saturated rings. The summed E-state index contributed by atoms with van der Waals surface area (Å²) >= 11 is 0. The Balaban J connectivity index is 2.48. The Kier molecular flexibility index (Phi) is 4.32. The van der Waals surface area contributed by atoms with Crippen LogP contribution in [0.5, 0.6) is 0 Å². The quantitative estimate of drug-likeness (QED) is 0.617. The van der Waals surface area contributed by atoms with Crippen LogP contribution in [0.2, 0.25) is 0 Å². The highest BCUT2D eigenvalue weighted by Gasteiger charge is 2.41. The summed E-state index contributed by atoms with van der Waals surface area (Å²) in [4.78, 5) is 12.8. The molecule has 104 valence electrons. The molecule has 0 radical (unpaired) electrons. The van der Waals surface area contributed by atoms with Crippen LogP contribution < -0.4 is 0 Å². The molecule has 20 heavy (non-hydrogen) atoms. The third-order valence-corrected chi connectivity index (χ3v) is 3.34. The van der Waals surface area contributed by atoms with Gasteiger partial charge in [-0.1, -0.05) is 60.2 Å². The van der Waals surface area contributed by atoms with Crippen LogP contribution in [-0.4, -0.2) is 20.0 Å².